The predicted molar refractivity (Wildman–Crippen MR) is 81.0 cm³/mol. The third-order valence-corrected chi connectivity index (χ3v) is 3.99. The average Bonchev–Trinajstić information content (AvgIpc) is 2.35. The smallest absolute Gasteiger partial charge is 0.0414 e. The molecule has 0 bridgehead atoms. The third kappa shape index (κ3) is 3.26. The molecule has 1 rings (SSSR count). The van der Waals surface area contributed by atoms with E-state index in [1.165, 1.54) is 11.3 Å². The van der Waals surface area contributed by atoms with Gasteiger partial charge in [-0.1, -0.05) is 45.9 Å². The highest BCUT2D eigenvalue weighted by molar-refractivity contribution is 5.55. The predicted octanol–water partition coefficient (Wildman–Crippen LogP) is 3.97. The first-order valence-corrected chi connectivity index (χ1v) is 6.86. The summed E-state index contributed by atoms with van der Waals surface area (Å²) in [5, 5.41) is 0. The summed E-state index contributed by atoms with van der Waals surface area (Å²) in [5.41, 5.74) is 8.97. The standard InChI is InChI=1S/C16H28N2/c1-7-14(17)13-10-8-9-11-15(13)18(6)12(2)16(3,4)5/h8-12,14H,7,17H2,1-6H3/t12?,14-/m1/s1. The second-order valence-electron chi connectivity index (χ2n) is 6.23. The van der Waals surface area contributed by atoms with E-state index in [1.807, 2.05) is 0 Å². The van der Waals surface area contributed by atoms with Crippen LogP contribution < -0.4 is 10.6 Å². The van der Waals surface area contributed by atoms with Crippen LogP contribution >= 0.6 is 0 Å². The summed E-state index contributed by atoms with van der Waals surface area (Å²) in [5.74, 6) is 0. The highest BCUT2D eigenvalue weighted by Gasteiger charge is 2.25. The zero-order chi connectivity index (χ0) is 13.9. The van der Waals surface area contributed by atoms with Crippen LogP contribution in [0.15, 0.2) is 24.3 Å². The van der Waals surface area contributed by atoms with Crippen molar-refractivity contribution in [2.45, 2.75) is 53.1 Å². The van der Waals surface area contributed by atoms with E-state index in [0.717, 1.165) is 6.42 Å². The van der Waals surface area contributed by atoms with Crippen molar-refractivity contribution in [2.24, 2.45) is 11.1 Å². The topological polar surface area (TPSA) is 29.3 Å². The Bertz CT molecular complexity index is 379. The quantitative estimate of drug-likeness (QED) is 0.873. The minimum absolute atomic E-state index is 0.121. The van der Waals surface area contributed by atoms with Gasteiger partial charge in [-0.25, -0.2) is 0 Å². The Labute approximate surface area is 112 Å². The fraction of sp³-hybridized carbons (Fsp3) is 0.625. The molecule has 18 heavy (non-hydrogen) atoms. The van der Waals surface area contributed by atoms with Crippen molar-refractivity contribution in [3.63, 3.8) is 0 Å². The van der Waals surface area contributed by atoms with Crippen LogP contribution in [0.5, 0.6) is 0 Å². The van der Waals surface area contributed by atoms with Crippen LogP contribution in [0.1, 0.15) is 52.6 Å². The molecule has 0 aliphatic heterocycles. The number of hydrogen-bond acceptors (Lipinski definition) is 2. The first-order valence-electron chi connectivity index (χ1n) is 6.86. The molecule has 102 valence electrons. The van der Waals surface area contributed by atoms with Gasteiger partial charge in [0.15, 0.2) is 0 Å². The second-order valence-corrected chi connectivity index (χ2v) is 6.23. The van der Waals surface area contributed by atoms with Gasteiger partial charge in [0.1, 0.15) is 0 Å². The summed E-state index contributed by atoms with van der Waals surface area (Å²) in [4.78, 5) is 2.35. The lowest BCUT2D eigenvalue weighted by Gasteiger charge is -2.38. The lowest BCUT2D eigenvalue weighted by atomic mass is 9.86. The Morgan fingerprint density at radius 3 is 2.28 bits per heavy atom. The van der Waals surface area contributed by atoms with Gasteiger partial charge < -0.3 is 10.6 Å². The number of rotatable bonds is 4. The van der Waals surface area contributed by atoms with Crippen LogP contribution in [0.3, 0.4) is 0 Å². The van der Waals surface area contributed by atoms with Gasteiger partial charge in [-0.3, -0.25) is 0 Å². The number of hydrogen-bond donors (Lipinski definition) is 1. The molecule has 1 aromatic rings. The van der Waals surface area contributed by atoms with Crippen LogP contribution in [-0.2, 0) is 0 Å². The molecule has 2 nitrogen and oxygen atoms in total. The third-order valence-electron chi connectivity index (χ3n) is 3.99. The van der Waals surface area contributed by atoms with Crippen molar-refractivity contribution in [1.82, 2.24) is 0 Å². The SMILES string of the molecule is CC[C@@H](N)c1ccccc1N(C)C(C)C(C)(C)C. The molecule has 0 spiro atoms. The molecule has 0 fully saturated rings. The van der Waals surface area contributed by atoms with Crippen molar-refractivity contribution in [1.29, 1.82) is 0 Å². The van der Waals surface area contributed by atoms with Gasteiger partial charge in [-0.05, 0) is 30.4 Å². The molecule has 0 amide bonds. The van der Waals surface area contributed by atoms with E-state index in [9.17, 15) is 0 Å². The Morgan fingerprint density at radius 1 is 1.22 bits per heavy atom. The largest absolute Gasteiger partial charge is 0.371 e. The van der Waals surface area contributed by atoms with Crippen molar-refractivity contribution < 1.29 is 0 Å². The molecule has 2 N–H and O–H groups in total. The molecule has 2 atom stereocenters. The maximum atomic E-state index is 6.22. The molecular formula is C16H28N2. The van der Waals surface area contributed by atoms with E-state index in [-0.39, 0.29) is 11.5 Å². The van der Waals surface area contributed by atoms with Gasteiger partial charge in [-0.2, -0.15) is 0 Å². The summed E-state index contributed by atoms with van der Waals surface area (Å²) >= 11 is 0. The lowest BCUT2D eigenvalue weighted by molar-refractivity contribution is 0.329. The van der Waals surface area contributed by atoms with E-state index < -0.39 is 0 Å². The lowest BCUT2D eigenvalue weighted by Crippen LogP contribution is -2.40. The fourth-order valence-corrected chi connectivity index (χ4v) is 2.13. The Hall–Kier alpha value is -1.02. The van der Waals surface area contributed by atoms with E-state index in [2.05, 4.69) is 70.8 Å². The molecule has 0 aromatic heterocycles. The van der Waals surface area contributed by atoms with Crippen molar-refractivity contribution in [3.8, 4) is 0 Å². The van der Waals surface area contributed by atoms with E-state index in [0.29, 0.717) is 6.04 Å². The Morgan fingerprint density at radius 2 is 1.78 bits per heavy atom. The van der Waals surface area contributed by atoms with Crippen molar-refractivity contribution >= 4 is 5.69 Å². The number of nitrogens with two attached hydrogens (primary N) is 1. The highest BCUT2D eigenvalue weighted by Crippen LogP contribution is 2.32. The summed E-state index contributed by atoms with van der Waals surface area (Å²) in [6, 6.07) is 9.07. The van der Waals surface area contributed by atoms with Crippen LogP contribution in [0.4, 0.5) is 5.69 Å². The van der Waals surface area contributed by atoms with E-state index in [4.69, 9.17) is 5.73 Å². The molecule has 1 unspecified atom stereocenters. The van der Waals surface area contributed by atoms with Gasteiger partial charge in [0.25, 0.3) is 0 Å². The summed E-state index contributed by atoms with van der Waals surface area (Å²) < 4.78 is 0. The van der Waals surface area contributed by atoms with Gasteiger partial charge in [0.05, 0.1) is 0 Å². The fourth-order valence-electron chi connectivity index (χ4n) is 2.13. The van der Waals surface area contributed by atoms with Crippen molar-refractivity contribution in [2.75, 3.05) is 11.9 Å². The second kappa shape index (κ2) is 5.75. The zero-order valence-corrected chi connectivity index (χ0v) is 12.7. The van der Waals surface area contributed by atoms with Gasteiger partial charge in [0, 0.05) is 24.8 Å². The number of anilines is 1. The zero-order valence-electron chi connectivity index (χ0n) is 12.7. The molecule has 0 aliphatic carbocycles. The molecular weight excluding hydrogens is 220 g/mol. The molecule has 1 aromatic carbocycles. The maximum absolute atomic E-state index is 6.22. The summed E-state index contributed by atoms with van der Waals surface area (Å²) in [6.45, 7) is 11.2. The van der Waals surface area contributed by atoms with E-state index in [1.54, 1.807) is 0 Å². The monoisotopic (exact) mass is 248 g/mol. The molecule has 0 heterocycles. The number of nitrogens with zero attached hydrogens (tertiary/aromatic N) is 1. The van der Waals surface area contributed by atoms with Crippen LogP contribution in [0.25, 0.3) is 0 Å². The highest BCUT2D eigenvalue weighted by atomic mass is 15.1. The molecule has 2 heteroatoms. The molecule has 0 saturated heterocycles. The van der Waals surface area contributed by atoms with Crippen molar-refractivity contribution in [3.05, 3.63) is 29.8 Å². The first kappa shape index (κ1) is 15.0. The summed E-state index contributed by atoms with van der Waals surface area (Å²) in [6.07, 6.45) is 0.967. The van der Waals surface area contributed by atoms with Crippen LogP contribution in [0.2, 0.25) is 0 Å². The number of benzene rings is 1. The Balaban J connectivity index is 3.09. The number of para-hydroxylation sites is 1. The minimum atomic E-state index is 0.121. The normalized spacial score (nSPS) is 15.3. The molecule has 0 saturated carbocycles. The van der Waals surface area contributed by atoms with Gasteiger partial charge >= 0.3 is 0 Å². The first-order chi connectivity index (χ1) is 8.29. The average molecular weight is 248 g/mol. The minimum Gasteiger partial charge on any atom is -0.371 e. The molecule has 0 aliphatic rings. The van der Waals surface area contributed by atoms with Gasteiger partial charge in [0.2, 0.25) is 0 Å². The maximum Gasteiger partial charge on any atom is 0.0414 e. The Kier molecular flexibility index (Phi) is 4.80. The van der Waals surface area contributed by atoms with Gasteiger partial charge in [-0.15, -0.1) is 0 Å². The summed E-state index contributed by atoms with van der Waals surface area (Å²) in [7, 11) is 2.16. The van der Waals surface area contributed by atoms with Crippen LogP contribution in [-0.4, -0.2) is 13.1 Å². The van der Waals surface area contributed by atoms with Crippen LogP contribution in [0, 0.1) is 5.41 Å². The van der Waals surface area contributed by atoms with E-state index >= 15 is 0 Å². The molecule has 0 radical (unpaired) electrons.